The normalized spacial score (nSPS) is 11.5. The molecule has 0 aliphatic rings. The van der Waals surface area contributed by atoms with Crippen molar-refractivity contribution in [2.45, 2.75) is 18.9 Å². The van der Waals surface area contributed by atoms with E-state index in [1.54, 1.807) is 12.1 Å². The Morgan fingerprint density at radius 3 is 2.68 bits per heavy atom. The summed E-state index contributed by atoms with van der Waals surface area (Å²) in [6.45, 7) is 0. The van der Waals surface area contributed by atoms with Gasteiger partial charge in [-0.1, -0.05) is 30.3 Å². The van der Waals surface area contributed by atoms with Crippen molar-refractivity contribution in [2.24, 2.45) is 0 Å². The summed E-state index contributed by atoms with van der Waals surface area (Å²) in [6, 6.07) is 14.4. The van der Waals surface area contributed by atoms with Crippen molar-refractivity contribution in [3.8, 4) is 6.07 Å². The molecule has 4 heteroatoms. The molecular weight excluding hydrogens is 240 g/mol. The van der Waals surface area contributed by atoms with Gasteiger partial charge in [-0.3, -0.25) is 4.79 Å². The minimum Gasteiger partial charge on any atom is -0.466 e. The highest BCUT2D eigenvalue weighted by Gasteiger charge is 2.15. The zero-order valence-electron chi connectivity index (χ0n) is 10.4. The Kier molecular flexibility index (Phi) is 4.35. The van der Waals surface area contributed by atoms with Gasteiger partial charge >= 0.3 is 0 Å². The molecule has 0 bridgehead atoms. The Morgan fingerprint density at radius 2 is 2.05 bits per heavy atom. The molecule has 2 aromatic rings. The predicted molar refractivity (Wildman–Crippen MR) is 70.0 cm³/mol. The largest absolute Gasteiger partial charge is 0.466 e. The number of carbonyl (C=O) groups is 1. The van der Waals surface area contributed by atoms with Crippen LogP contribution in [0.25, 0.3) is 0 Å². The molecule has 0 aliphatic heterocycles. The van der Waals surface area contributed by atoms with Crippen LogP contribution in [0.5, 0.6) is 0 Å². The molecule has 0 aliphatic carbocycles. The lowest BCUT2D eigenvalue weighted by molar-refractivity contribution is -0.121. The zero-order chi connectivity index (χ0) is 13.5. The Bertz CT molecular complexity index is 556. The number of rotatable bonds is 5. The molecule has 1 heterocycles. The van der Waals surface area contributed by atoms with Crippen molar-refractivity contribution in [1.82, 2.24) is 5.32 Å². The van der Waals surface area contributed by atoms with Crippen molar-refractivity contribution >= 4 is 5.91 Å². The average Bonchev–Trinajstić information content (AvgIpc) is 2.97. The molecule has 19 heavy (non-hydrogen) atoms. The molecule has 1 aromatic carbocycles. The van der Waals surface area contributed by atoms with E-state index in [-0.39, 0.29) is 5.91 Å². The van der Waals surface area contributed by atoms with E-state index in [1.807, 2.05) is 36.4 Å². The van der Waals surface area contributed by atoms with Crippen LogP contribution in [0.4, 0.5) is 0 Å². The molecular formula is C15H14N2O2. The van der Waals surface area contributed by atoms with Crippen LogP contribution in [0.2, 0.25) is 0 Å². The van der Waals surface area contributed by atoms with Crippen molar-refractivity contribution < 1.29 is 9.21 Å². The molecule has 0 radical (unpaired) electrons. The Balaban J connectivity index is 1.86. The van der Waals surface area contributed by atoms with Crippen LogP contribution in [0, 0.1) is 11.3 Å². The van der Waals surface area contributed by atoms with Gasteiger partial charge in [0, 0.05) is 6.42 Å². The lowest BCUT2D eigenvalue weighted by Gasteiger charge is -2.09. The lowest BCUT2D eigenvalue weighted by Crippen LogP contribution is -2.27. The van der Waals surface area contributed by atoms with Gasteiger partial charge in [0.1, 0.15) is 5.76 Å². The lowest BCUT2D eigenvalue weighted by atomic mass is 10.1. The third-order valence-electron chi connectivity index (χ3n) is 2.75. The number of hydrogen-bond acceptors (Lipinski definition) is 3. The number of amides is 1. The summed E-state index contributed by atoms with van der Waals surface area (Å²) in [7, 11) is 0. The number of nitrogens with zero attached hydrogens (tertiary/aromatic N) is 1. The maximum Gasteiger partial charge on any atom is 0.221 e. The summed E-state index contributed by atoms with van der Waals surface area (Å²) in [5.41, 5.74) is 1.10. The quantitative estimate of drug-likeness (QED) is 0.891. The molecule has 0 saturated carbocycles. The maximum atomic E-state index is 11.8. The van der Waals surface area contributed by atoms with Crippen LogP contribution in [0.1, 0.15) is 23.8 Å². The van der Waals surface area contributed by atoms with E-state index in [0.717, 1.165) is 5.56 Å². The molecule has 1 amide bonds. The number of carbonyl (C=O) groups excluding carboxylic acids is 1. The van der Waals surface area contributed by atoms with E-state index < -0.39 is 6.04 Å². The first-order valence-electron chi connectivity index (χ1n) is 6.06. The summed E-state index contributed by atoms with van der Waals surface area (Å²) in [6.07, 6.45) is 2.49. The van der Waals surface area contributed by atoms with Crippen LogP contribution in [-0.2, 0) is 11.2 Å². The van der Waals surface area contributed by atoms with Crippen LogP contribution in [-0.4, -0.2) is 5.91 Å². The smallest absolute Gasteiger partial charge is 0.221 e. The van der Waals surface area contributed by atoms with Crippen molar-refractivity contribution in [2.75, 3.05) is 0 Å². The SMILES string of the molecule is N#CC(NC(=O)CCc1ccccc1)c1ccco1. The first-order valence-corrected chi connectivity index (χ1v) is 6.06. The van der Waals surface area contributed by atoms with E-state index in [9.17, 15) is 4.79 Å². The van der Waals surface area contributed by atoms with E-state index in [0.29, 0.717) is 18.6 Å². The number of benzene rings is 1. The van der Waals surface area contributed by atoms with Gasteiger partial charge in [0.2, 0.25) is 5.91 Å². The molecule has 1 unspecified atom stereocenters. The molecule has 1 atom stereocenters. The fourth-order valence-electron chi connectivity index (χ4n) is 1.76. The number of furan rings is 1. The van der Waals surface area contributed by atoms with Crippen LogP contribution >= 0.6 is 0 Å². The first-order chi connectivity index (χ1) is 9.29. The van der Waals surface area contributed by atoms with Crippen molar-refractivity contribution in [1.29, 1.82) is 5.26 Å². The fourth-order valence-corrected chi connectivity index (χ4v) is 1.76. The predicted octanol–water partition coefficient (Wildman–Crippen LogP) is 2.59. The Hall–Kier alpha value is -2.54. The Morgan fingerprint density at radius 1 is 1.26 bits per heavy atom. The monoisotopic (exact) mass is 254 g/mol. The van der Waals surface area contributed by atoms with Crippen LogP contribution in [0.15, 0.2) is 53.1 Å². The van der Waals surface area contributed by atoms with Gasteiger partial charge < -0.3 is 9.73 Å². The second kappa shape index (κ2) is 6.41. The topological polar surface area (TPSA) is 66.0 Å². The summed E-state index contributed by atoms with van der Waals surface area (Å²) < 4.78 is 5.11. The minimum absolute atomic E-state index is 0.160. The zero-order valence-corrected chi connectivity index (χ0v) is 10.4. The van der Waals surface area contributed by atoms with Gasteiger partial charge in [-0.2, -0.15) is 5.26 Å². The number of nitrogens with one attached hydrogen (secondary N) is 1. The van der Waals surface area contributed by atoms with Gasteiger partial charge in [-0.05, 0) is 24.1 Å². The highest BCUT2D eigenvalue weighted by Crippen LogP contribution is 2.12. The molecule has 96 valence electrons. The summed E-state index contributed by atoms with van der Waals surface area (Å²) >= 11 is 0. The highest BCUT2D eigenvalue weighted by atomic mass is 16.3. The van der Waals surface area contributed by atoms with E-state index in [4.69, 9.17) is 9.68 Å². The van der Waals surface area contributed by atoms with Crippen molar-refractivity contribution in [3.05, 3.63) is 60.1 Å². The average molecular weight is 254 g/mol. The molecule has 2 rings (SSSR count). The minimum atomic E-state index is -0.724. The molecule has 1 aromatic heterocycles. The van der Waals surface area contributed by atoms with Gasteiger partial charge in [-0.25, -0.2) is 0 Å². The summed E-state index contributed by atoms with van der Waals surface area (Å²) in [4.78, 5) is 11.8. The second-order valence-corrected chi connectivity index (χ2v) is 4.13. The first kappa shape index (κ1) is 12.9. The van der Waals surface area contributed by atoms with Gasteiger partial charge in [0.15, 0.2) is 6.04 Å². The fraction of sp³-hybridized carbons (Fsp3) is 0.200. The van der Waals surface area contributed by atoms with E-state index in [2.05, 4.69) is 5.32 Å². The standard InChI is InChI=1S/C15H14N2O2/c16-11-13(14-7-4-10-19-14)17-15(18)9-8-12-5-2-1-3-6-12/h1-7,10,13H,8-9H2,(H,17,18). The number of hydrogen-bond donors (Lipinski definition) is 1. The van der Waals surface area contributed by atoms with Gasteiger partial charge in [0.25, 0.3) is 0 Å². The molecule has 0 saturated heterocycles. The maximum absolute atomic E-state index is 11.8. The summed E-state index contributed by atoms with van der Waals surface area (Å²) in [5, 5.41) is 11.7. The number of nitriles is 1. The molecule has 4 nitrogen and oxygen atoms in total. The van der Waals surface area contributed by atoms with Gasteiger partial charge in [-0.15, -0.1) is 0 Å². The van der Waals surface area contributed by atoms with Crippen LogP contribution in [0.3, 0.4) is 0 Å². The third kappa shape index (κ3) is 3.71. The van der Waals surface area contributed by atoms with Crippen molar-refractivity contribution in [3.63, 3.8) is 0 Å². The number of aryl methyl sites for hydroxylation is 1. The third-order valence-corrected chi connectivity index (χ3v) is 2.75. The summed E-state index contributed by atoms with van der Waals surface area (Å²) in [5.74, 6) is 0.294. The molecule has 0 spiro atoms. The molecule has 0 fully saturated rings. The Labute approximate surface area is 111 Å². The highest BCUT2D eigenvalue weighted by molar-refractivity contribution is 5.77. The second-order valence-electron chi connectivity index (χ2n) is 4.13. The van der Waals surface area contributed by atoms with E-state index in [1.165, 1.54) is 6.26 Å². The van der Waals surface area contributed by atoms with Crippen LogP contribution < -0.4 is 5.32 Å². The van der Waals surface area contributed by atoms with Gasteiger partial charge in [0.05, 0.1) is 12.3 Å². The molecule has 1 N–H and O–H groups in total. The van der Waals surface area contributed by atoms with E-state index >= 15 is 0 Å².